The highest BCUT2D eigenvalue weighted by atomic mass is 16.2. The molecule has 6 nitrogen and oxygen atoms in total. The van der Waals surface area contributed by atoms with Gasteiger partial charge in [0.1, 0.15) is 0 Å². The fraction of sp³-hybridized carbons (Fsp3) is 0.609. The minimum Gasteiger partial charge on any atom is -0.351 e. The van der Waals surface area contributed by atoms with E-state index in [0.29, 0.717) is 32.0 Å². The van der Waals surface area contributed by atoms with Crippen molar-refractivity contribution in [1.29, 1.82) is 0 Å². The Hall–Kier alpha value is -2.37. The van der Waals surface area contributed by atoms with Crippen molar-refractivity contribution >= 4 is 17.7 Å². The van der Waals surface area contributed by atoms with E-state index in [9.17, 15) is 14.4 Å². The van der Waals surface area contributed by atoms with Crippen LogP contribution in [0.2, 0.25) is 0 Å². The third-order valence-corrected chi connectivity index (χ3v) is 7.18. The van der Waals surface area contributed by atoms with Gasteiger partial charge < -0.3 is 15.1 Å². The molecule has 1 aromatic rings. The fourth-order valence-corrected chi connectivity index (χ4v) is 5.53. The van der Waals surface area contributed by atoms with Crippen molar-refractivity contribution in [1.82, 2.24) is 15.1 Å². The lowest BCUT2D eigenvalue weighted by molar-refractivity contribution is -0.128. The lowest BCUT2D eigenvalue weighted by Gasteiger charge is -2.44. The summed E-state index contributed by atoms with van der Waals surface area (Å²) in [6.07, 6.45) is 7.92. The number of hydrogen-bond donors (Lipinski definition) is 1. The minimum absolute atomic E-state index is 0.0221. The molecule has 0 spiro atoms. The Labute approximate surface area is 171 Å². The maximum atomic E-state index is 13.1. The molecule has 0 aromatic heterocycles. The Kier molecular flexibility index (Phi) is 4.60. The van der Waals surface area contributed by atoms with E-state index in [2.05, 4.69) is 5.32 Å². The fourth-order valence-electron chi connectivity index (χ4n) is 5.53. The number of hydrogen-bond acceptors (Lipinski definition) is 3. The van der Waals surface area contributed by atoms with E-state index in [1.54, 1.807) is 0 Å². The summed E-state index contributed by atoms with van der Waals surface area (Å²) >= 11 is 0. The van der Waals surface area contributed by atoms with Crippen molar-refractivity contribution < 1.29 is 14.4 Å². The number of amides is 3. The zero-order chi connectivity index (χ0) is 20.0. The maximum Gasteiger partial charge on any atom is 0.254 e. The van der Waals surface area contributed by atoms with E-state index in [4.69, 9.17) is 0 Å². The molecular weight excluding hydrogens is 366 g/mol. The van der Waals surface area contributed by atoms with Crippen LogP contribution < -0.4 is 5.32 Å². The lowest BCUT2D eigenvalue weighted by Crippen LogP contribution is -2.53. The van der Waals surface area contributed by atoms with Crippen molar-refractivity contribution in [2.24, 2.45) is 0 Å². The number of rotatable bonds is 5. The molecule has 3 fully saturated rings. The van der Waals surface area contributed by atoms with Gasteiger partial charge in [-0.15, -0.1) is 0 Å². The smallest absolute Gasteiger partial charge is 0.254 e. The van der Waals surface area contributed by atoms with Crippen LogP contribution in [0.1, 0.15) is 73.7 Å². The number of likely N-dealkylation sites (tertiary alicyclic amines) is 1. The van der Waals surface area contributed by atoms with Crippen molar-refractivity contribution in [2.75, 3.05) is 6.54 Å². The Morgan fingerprint density at radius 3 is 2.59 bits per heavy atom. The van der Waals surface area contributed by atoms with E-state index < -0.39 is 5.54 Å². The molecule has 0 radical (unpaired) electrons. The molecule has 5 rings (SSSR count). The monoisotopic (exact) mass is 395 g/mol. The first kappa shape index (κ1) is 18.6. The predicted octanol–water partition coefficient (Wildman–Crippen LogP) is 2.61. The molecule has 6 heteroatoms. The number of fused-ring (bicyclic) bond motifs is 1. The predicted molar refractivity (Wildman–Crippen MR) is 108 cm³/mol. The van der Waals surface area contributed by atoms with Crippen LogP contribution in [0.15, 0.2) is 24.3 Å². The SMILES string of the molecule is O=C(CC1(N2Cc3ccccc3C2=O)CCCCC1)NC1CC(=O)N(C2CC2)C1. The minimum atomic E-state index is -0.406. The summed E-state index contributed by atoms with van der Waals surface area (Å²) in [5.41, 5.74) is 1.43. The van der Waals surface area contributed by atoms with Gasteiger partial charge in [-0.3, -0.25) is 14.4 Å². The van der Waals surface area contributed by atoms with Gasteiger partial charge in [0.05, 0.1) is 11.6 Å². The van der Waals surface area contributed by atoms with E-state index >= 15 is 0 Å². The number of nitrogens with one attached hydrogen (secondary N) is 1. The average molecular weight is 396 g/mol. The molecule has 2 aliphatic carbocycles. The van der Waals surface area contributed by atoms with E-state index in [1.165, 1.54) is 0 Å². The van der Waals surface area contributed by atoms with Crippen LogP contribution in [0.4, 0.5) is 0 Å². The molecule has 1 atom stereocenters. The summed E-state index contributed by atoms with van der Waals surface area (Å²) in [4.78, 5) is 42.3. The quantitative estimate of drug-likeness (QED) is 0.833. The molecule has 1 aromatic carbocycles. The molecule has 4 aliphatic rings. The third-order valence-electron chi connectivity index (χ3n) is 7.18. The van der Waals surface area contributed by atoms with E-state index in [-0.39, 0.29) is 23.8 Å². The summed E-state index contributed by atoms with van der Waals surface area (Å²) in [5, 5.41) is 3.11. The molecule has 29 heavy (non-hydrogen) atoms. The highest BCUT2D eigenvalue weighted by Gasteiger charge is 2.46. The van der Waals surface area contributed by atoms with Gasteiger partial charge in [-0.2, -0.15) is 0 Å². The lowest BCUT2D eigenvalue weighted by atomic mass is 9.77. The van der Waals surface area contributed by atoms with Crippen molar-refractivity contribution in [3.8, 4) is 0 Å². The standard InChI is InChI=1S/C23H29N3O3/c27-20(24-17-12-21(28)25(15-17)18-8-9-18)13-23(10-4-1-5-11-23)26-14-16-6-2-3-7-19(16)22(26)29/h2-3,6-7,17-18H,1,4-5,8-15H2,(H,24,27). The van der Waals surface area contributed by atoms with Gasteiger partial charge in [-0.25, -0.2) is 0 Å². The molecule has 3 amide bonds. The second-order valence-corrected chi connectivity index (χ2v) is 9.26. The van der Waals surface area contributed by atoms with Gasteiger partial charge in [0, 0.05) is 37.5 Å². The van der Waals surface area contributed by atoms with E-state index in [0.717, 1.165) is 56.1 Å². The topological polar surface area (TPSA) is 69.7 Å². The van der Waals surface area contributed by atoms with Crippen molar-refractivity contribution in [3.05, 3.63) is 35.4 Å². The van der Waals surface area contributed by atoms with Crippen LogP contribution in [-0.4, -0.2) is 51.7 Å². The summed E-state index contributed by atoms with van der Waals surface area (Å²) in [6, 6.07) is 8.09. The van der Waals surface area contributed by atoms with Gasteiger partial charge in [-0.1, -0.05) is 37.5 Å². The van der Waals surface area contributed by atoms with Crippen LogP contribution >= 0.6 is 0 Å². The summed E-state index contributed by atoms with van der Waals surface area (Å²) in [6.45, 7) is 1.23. The third kappa shape index (κ3) is 3.43. The molecule has 1 unspecified atom stereocenters. The molecule has 154 valence electrons. The average Bonchev–Trinajstić information content (AvgIpc) is 3.41. The molecule has 2 saturated carbocycles. The molecule has 1 saturated heterocycles. The highest BCUT2D eigenvalue weighted by molar-refractivity contribution is 5.99. The number of carbonyl (C=O) groups excluding carboxylic acids is 3. The summed E-state index contributed by atoms with van der Waals surface area (Å²) in [7, 11) is 0. The second-order valence-electron chi connectivity index (χ2n) is 9.26. The molecule has 2 aliphatic heterocycles. The zero-order valence-corrected chi connectivity index (χ0v) is 16.9. The first-order chi connectivity index (χ1) is 14.1. The normalized spacial score (nSPS) is 26.0. The first-order valence-electron chi connectivity index (χ1n) is 11.0. The van der Waals surface area contributed by atoms with Gasteiger partial charge in [-0.05, 0) is 37.3 Å². The Morgan fingerprint density at radius 2 is 1.86 bits per heavy atom. The van der Waals surface area contributed by atoms with Gasteiger partial charge in [0.15, 0.2) is 0 Å². The number of nitrogens with zero attached hydrogens (tertiary/aromatic N) is 2. The van der Waals surface area contributed by atoms with Gasteiger partial charge in [0.2, 0.25) is 11.8 Å². The van der Waals surface area contributed by atoms with Gasteiger partial charge in [0.25, 0.3) is 5.91 Å². The van der Waals surface area contributed by atoms with Crippen LogP contribution in [-0.2, 0) is 16.1 Å². The summed E-state index contributed by atoms with van der Waals surface area (Å²) in [5.74, 6) is 0.202. The first-order valence-corrected chi connectivity index (χ1v) is 11.0. The Balaban J connectivity index is 1.29. The van der Waals surface area contributed by atoms with Crippen LogP contribution in [0.3, 0.4) is 0 Å². The zero-order valence-electron chi connectivity index (χ0n) is 16.9. The Morgan fingerprint density at radius 1 is 1.10 bits per heavy atom. The molecular formula is C23H29N3O3. The summed E-state index contributed by atoms with van der Waals surface area (Å²) < 4.78 is 0. The van der Waals surface area contributed by atoms with Crippen molar-refractivity contribution in [2.45, 2.75) is 82.0 Å². The maximum absolute atomic E-state index is 13.1. The van der Waals surface area contributed by atoms with Crippen LogP contribution in [0.25, 0.3) is 0 Å². The van der Waals surface area contributed by atoms with Crippen LogP contribution in [0.5, 0.6) is 0 Å². The molecule has 1 N–H and O–H groups in total. The second kappa shape index (κ2) is 7.15. The number of benzene rings is 1. The molecule has 2 heterocycles. The van der Waals surface area contributed by atoms with E-state index in [1.807, 2.05) is 34.1 Å². The Bertz CT molecular complexity index is 842. The van der Waals surface area contributed by atoms with Crippen molar-refractivity contribution in [3.63, 3.8) is 0 Å². The molecule has 0 bridgehead atoms. The largest absolute Gasteiger partial charge is 0.351 e. The number of carbonyl (C=O) groups is 3. The van der Waals surface area contributed by atoms with Crippen LogP contribution in [0, 0.1) is 0 Å². The van der Waals surface area contributed by atoms with Gasteiger partial charge >= 0.3 is 0 Å². The highest BCUT2D eigenvalue weighted by Crippen LogP contribution is 2.41.